The third kappa shape index (κ3) is 3.15. The molecule has 2 fully saturated rings. The molecule has 0 bridgehead atoms. The van der Waals surface area contributed by atoms with Crippen molar-refractivity contribution in [2.75, 3.05) is 44.7 Å². The molecule has 6 nitrogen and oxygen atoms in total. The number of aryl methyl sites for hydroxylation is 1. The van der Waals surface area contributed by atoms with Gasteiger partial charge < -0.3 is 15.1 Å². The van der Waals surface area contributed by atoms with Crippen molar-refractivity contribution >= 4 is 22.6 Å². The van der Waals surface area contributed by atoms with Gasteiger partial charge in [-0.3, -0.25) is 4.99 Å². The molecule has 7 heteroatoms. The van der Waals surface area contributed by atoms with Crippen LogP contribution in [-0.4, -0.2) is 60.0 Å². The third-order valence-electron chi connectivity index (χ3n) is 6.53. The number of nitrogens with zero attached hydrogens (tertiary/aromatic N) is 5. The van der Waals surface area contributed by atoms with Gasteiger partial charge in [-0.25, -0.2) is 4.98 Å². The average Bonchev–Trinajstić information content (AvgIpc) is 3.10. The first-order valence-electron chi connectivity index (χ1n) is 10.4. The van der Waals surface area contributed by atoms with Gasteiger partial charge in [0.1, 0.15) is 5.82 Å². The summed E-state index contributed by atoms with van der Waals surface area (Å²) in [5.41, 5.74) is 3.16. The monoisotopic (exact) mass is 396 g/mol. The number of benzene rings is 1. The fourth-order valence-corrected chi connectivity index (χ4v) is 5.73. The van der Waals surface area contributed by atoms with E-state index < -0.39 is 0 Å². The maximum absolute atomic E-state index is 4.63. The highest BCUT2D eigenvalue weighted by molar-refractivity contribution is 7.09. The molecule has 3 aliphatic rings. The van der Waals surface area contributed by atoms with Gasteiger partial charge in [0.05, 0.1) is 0 Å². The van der Waals surface area contributed by atoms with Crippen molar-refractivity contribution in [1.82, 2.24) is 19.6 Å². The lowest BCUT2D eigenvalue weighted by atomic mass is 10.0. The minimum atomic E-state index is 0.766. The zero-order chi connectivity index (χ0) is 19.1. The molecule has 2 heterocycles. The van der Waals surface area contributed by atoms with Crippen LogP contribution in [0.4, 0.5) is 5.13 Å². The summed E-state index contributed by atoms with van der Waals surface area (Å²) in [6.45, 7) is 7.03. The van der Waals surface area contributed by atoms with Crippen LogP contribution in [0.5, 0.6) is 0 Å². The van der Waals surface area contributed by atoms with Gasteiger partial charge >= 0.3 is 0 Å². The summed E-state index contributed by atoms with van der Waals surface area (Å²) < 4.78 is 4.42. The molecule has 5 rings (SSSR count). The lowest BCUT2D eigenvalue weighted by molar-refractivity contribution is 0.371. The van der Waals surface area contributed by atoms with Crippen molar-refractivity contribution in [2.45, 2.75) is 25.7 Å². The molecular formula is C21H28N6S. The predicted octanol–water partition coefficient (Wildman–Crippen LogP) is 2.38. The Hall–Kier alpha value is -2.15. The van der Waals surface area contributed by atoms with Crippen LogP contribution in [0.2, 0.25) is 0 Å². The first-order valence-corrected chi connectivity index (χ1v) is 11.2. The third-order valence-corrected chi connectivity index (χ3v) is 7.35. The number of fused-ring (bicyclic) bond motifs is 3. The number of piperazine rings is 1. The van der Waals surface area contributed by atoms with Gasteiger partial charge in [-0.05, 0) is 35.3 Å². The molecule has 3 atom stereocenters. The number of nitrogens with one attached hydrogen (secondary N) is 1. The number of rotatable bonds is 4. The predicted molar refractivity (Wildman–Crippen MR) is 114 cm³/mol. The highest BCUT2D eigenvalue weighted by Crippen LogP contribution is 2.60. The molecule has 1 saturated carbocycles. The molecular weight excluding hydrogens is 368 g/mol. The second-order valence-electron chi connectivity index (χ2n) is 8.01. The van der Waals surface area contributed by atoms with E-state index >= 15 is 0 Å². The number of aromatic nitrogens is 2. The highest BCUT2D eigenvalue weighted by Gasteiger charge is 2.55. The van der Waals surface area contributed by atoms with E-state index in [0.717, 1.165) is 73.8 Å². The van der Waals surface area contributed by atoms with Crippen molar-refractivity contribution < 1.29 is 0 Å². The van der Waals surface area contributed by atoms with E-state index in [4.69, 9.17) is 0 Å². The molecule has 1 N–H and O–H groups in total. The van der Waals surface area contributed by atoms with Gasteiger partial charge in [0.2, 0.25) is 5.13 Å². The Morgan fingerprint density at radius 1 is 1.25 bits per heavy atom. The molecule has 0 amide bonds. The zero-order valence-electron chi connectivity index (χ0n) is 16.6. The molecule has 148 valence electrons. The van der Waals surface area contributed by atoms with Gasteiger partial charge in [0, 0.05) is 57.7 Å². The first-order chi connectivity index (χ1) is 13.8. The van der Waals surface area contributed by atoms with Crippen molar-refractivity contribution in [1.29, 1.82) is 0 Å². The van der Waals surface area contributed by atoms with E-state index in [1.807, 2.05) is 7.05 Å². The van der Waals surface area contributed by atoms with Crippen LogP contribution in [0, 0.1) is 11.8 Å². The van der Waals surface area contributed by atoms with E-state index in [0.29, 0.717) is 0 Å². The molecule has 1 aromatic heterocycles. The van der Waals surface area contributed by atoms with Crippen LogP contribution in [0.3, 0.4) is 0 Å². The van der Waals surface area contributed by atoms with E-state index in [-0.39, 0.29) is 0 Å². The summed E-state index contributed by atoms with van der Waals surface area (Å²) in [4.78, 5) is 13.9. The molecule has 1 aliphatic heterocycles. The SMILES string of the molecule is CCc1nsc(N2CCN(C(=NC)NCC3C4Cc5ccccc5C34)CC2)n1. The number of guanidine groups is 1. The number of hydrogen-bond donors (Lipinski definition) is 1. The summed E-state index contributed by atoms with van der Waals surface area (Å²) in [6.07, 6.45) is 2.16. The van der Waals surface area contributed by atoms with Gasteiger partial charge in [-0.15, -0.1) is 0 Å². The highest BCUT2D eigenvalue weighted by atomic mass is 32.1. The van der Waals surface area contributed by atoms with Crippen molar-refractivity contribution in [3.8, 4) is 0 Å². The Labute approximate surface area is 170 Å². The smallest absolute Gasteiger partial charge is 0.205 e. The molecule has 0 radical (unpaired) electrons. The maximum Gasteiger partial charge on any atom is 0.205 e. The summed E-state index contributed by atoms with van der Waals surface area (Å²) >= 11 is 1.52. The minimum absolute atomic E-state index is 0.766. The molecule has 3 unspecified atom stereocenters. The van der Waals surface area contributed by atoms with E-state index in [1.165, 1.54) is 18.0 Å². The van der Waals surface area contributed by atoms with E-state index in [9.17, 15) is 0 Å². The molecule has 2 aliphatic carbocycles. The molecule has 1 saturated heterocycles. The quantitative estimate of drug-likeness (QED) is 0.635. The van der Waals surface area contributed by atoms with Crippen molar-refractivity contribution in [3.05, 3.63) is 41.2 Å². The Morgan fingerprint density at radius 2 is 2.07 bits per heavy atom. The fourth-order valence-electron chi connectivity index (χ4n) is 4.93. The van der Waals surface area contributed by atoms with E-state index in [2.05, 4.69) is 60.7 Å². The molecule has 28 heavy (non-hydrogen) atoms. The second kappa shape index (κ2) is 7.35. The van der Waals surface area contributed by atoms with Crippen LogP contribution < -0.4 is 10.2 Å². The van der Waals surface area contributed by atoms with Gasteiger partial charge in [-0.1, -0.05) is 31.2 Å². The van der Waals surface area contributed by atoms with Crippen LogP contribution >= 0.6 is 11.5 Å². The Balaban J connectivity index is 1.13. The Bertz CT molecular complexity index is 869. The van der Waals surface area contributed by atoms with Gasteiger partial charge in [-0.2, -0.15) is 4.37 Å². The van der Waals surface area contributed by atoms with Crippen LogP contribution in [0.25, 0.3) is 0 Å². The minimum Gasteiger partial charge on any atom is -0.356 e. The lowest BCUT2D eigenvalue weighted by Gasteiger charge is -2.36. The van der Waals surface area contributed by atoms with Crippen molar-refractivity contribution in [2.24, 2.45) is 16.8 Å². The van der Waals surface area contributed by atoms with Gasteiger partial charge in [0.15, 0.2) is 5.96 Å². The van der Waals surface area contributed by atoms with E-state index in [1.54, 1.807) is 11.1 Å². The van der Waals surface area contributed by atoms with Crippen LogP contribution in [0.15, 0.2) is 29.3 Å². The molecule has 1 aromatic carbocycles. The largest absolute Gasteiger partial charge is 0.356 e. The maximum atomic E-state index is 4.63. The van der Waals surface area contributed by atoms with Crippen molar-refractivity contribution in [3.63, 3.8) is 0 Å². The standard InChI is InChI=1S/C21H28N6S/c1-3-18-24-21(28-25-18)27-10-8-26(9-11-27)20(22-2)23-13-17-16-12-14-6-4-5-7-15(14)19(16)17/h4-7,16-17,19H,3,8-13H2,1-2H3,(H,22,23). The fraction of sp³-hybridized carbons (Fsp3) is 0.571. The Morgan fingerprint density at radius 3 is 2.82 bits per heavy atom. The van der Waals surface area contributed by atoms with Crippen LogP contribution in [0.1, 0.15) is 29.8 Å². The summed E-state index contributed by atoms with van der Waals surface area (Å²) in [5.74, 6) is 4.37. The number of aliphatic imine (C=N–C) groups is 1. The lowest BCUT2D eigenvalue weighted by Crippen LogP contribution is -2.52. The molecule has 2 aromatic rings. The van der Waals surface area contributed by atoms with Gasteiger partial charge in [0.25, 0.3) is 0 Å². The summed E-state index contributed by atoms with van der Waals surface area (Å²) in [5, 5.41) is 4.72. The van der Waals surface area contributed by atoms with Crippen LogP contribution in [-0.2, 0) is 12.8 Å². The topological polar surface area (TPSA) is 56.7 Å². The first kappa shape index (κ1) is 17.9. The number of hydrogen-bond acceptors (Lipinski definition) is 5. The molecule has 0 spiro atoms. The number of anilines is 1. The summed E-state index contributed by atoms with van der Waals surface area (Å²) in [7, 11) is 1.90. The summed E-state index contributed by atoms with van der Waals surface area (Å²) in [6, 6.07) is 8.98. The second-order valence-corrected chi connectivity index (χ2v) is 8.74. The Kier molecular flexibility index (Phi) is 4.70. The zero-order valence-corrected chi connectivity index (χ0v) is 17.5. The average molecular weight is 397 g/mol. The normalized spacial score (nSPS) is 26.2.